The minimum absolute atomic E-state index is 0.0606. The van der Waals surface area contributed by atoms with Crippen molar-refractivity contribution in [3.8, 4) is 11.5 Å². The van der Waals surface area contributed by atoms with E-state index in [-0.39, 0.29) is 35.6 Å². The van der Waals surface area contributed by atoms with Gasteiger partial charge in [0.25, 0.3) is 5.91 Å². The SMILES string of the molecule is O=C1C(n2cc(-c3ncc(Br)cn3)nn2)CCc2c(F)cccc2N1CC(F)(F)F. The van der Waals surface area contributed by atoms with E-state index in [4.69, 9.17) is 0 Å². The summed E-state index contributed by atoms with van der Waals surface area (Å²) in [4.78, 5) is 21.8. The Kier molecular flexibility index (Phi) is 5.26. The third kappa shape index (κ3) is 4.04. The second-order valence-corrected chi connectivity index (χ2v) is 7.56. The molecule has 12 heteroatoms. The molecular weight excluding hydrogens is 472 g/mol. The van der Waals surface area contributed by atoms with Gasteiger partial charge in [-0.25, -0.2) is 19.0 Å². The van der Waals surface area contributed by atoms with E-state index < -0.39 is 30.5 Å². The van der Waals surface area contributed by atoms with E-state index in [1.807, 2.05) is 0 Å². The third-order valence-corrected chi connectivity index (χ3v) is 5.03. The van der Waals surface area contributed by atoms with Crippen LogP contribution in [0.15, 0.2) is 41.3 Å². The number of carbonyl (C=O) groups is 1. The van der Waals surface area contributed by atoms with Crippen molar-refractivity contribution in [1.29, 1.82) is 0 Å². The van der Waals surface area contributed by atoms with Gasteiger partial charge in [-0.05, 0) is 40.9 Å². The second-order valence-electron chi connectivity index (χ2n) is 6.64. The Hall–Kier alpha value is -2.89. The van der Waals surface area contributed by atoms with Crippen LogP contribution in [0.5, 0.6) is 0 Å². The molecular formula is C18H13BrF4N6O. The maximum Gasteiger partial charge on any atom is 0.406 e. The van der Waals surface area contributed by atoms with Gasteiger partial charge in [0.15, 0.2) is 5.82 Å². The number of alkyl halides is 3. The van der Waals surface area contributed by atoms with E-state index in [0.717, 1.165) is 6.07 Å². The first-order valence-corrected chi connectivity index (χ1v) is 9.57. The predicted octanol–water partition coefficient (Wildman–Crippen LogP) is 3.72. The molecule has 1 amide bonds. The van der Waals surface area contributed by atoms with Gasteiger partial charge >= 0.3 is 6.18 Å². The number of carbonyl (C=O) groups excluding carboxylic acids is 1. The zero-order chi connectivity index (χ0) is 21.5. The Morgan fingerprint density at radius 2 is 1.93 bits per heavy atom. The van der Waals surface area contributed by atoms with Crippen molar-refractivity contribution in [2.45, 2.75) is 25.1 Å². The second kappa shape index (κ2) is 7.74. The van der Waals surface area contributed by atoms with E-state index in [1.165, 1.54) is 35.4 Å². The van der Waals surface area contributed by atoms with Crippen LogP contribution in [0.1, 0.15) is 18.0 Å². The summed E-state index contributed by atoms with van der Waals surface area (Å²) >= 11 is 3.21. The molecule has 1 aliphatic heterocycles. The van der Waals surface area contributed by atoms with Gasteiger partial charge in [0, 0.05) is 18.0 Å². The number of aromatic nitrogens is 5. The lowest BCUT2D eigenvalue weighted by Gasteiger charge is -2.26. The lowest BCUT2D eigenvalue weighted by atomic mass is 10.1. The molecule has 3 heterocycles. The summed E-state index contributed by atoms with van der Waals surface area (Å²) in [5.41, 5.74) is 0.233. The number of anilines is 1. The molecule has 1 aliphatic rings. The Morgan fingerprint density at radius 1 is 1.20 bits per heavy atom. The molecule has 0 bridgehead atoms. The highest BCUT2D eigenvalue weighted by molar-refractivity contribution is 9.10. The van der Waals surface area contributed by atoms with E-state index in [9.17, 15) is 22.4 Å². The molecule has 3 aromatic rings. The lowest BCUT2D eigenvalue weighted by molar-refractivity contribution is -0.134. The first-order chi connectivity index (χ1) is 14.2. The smallest absolute Gasteiger partial charge is 0.301 e. The number of nitrogens with zero attached hydrogens (tertiary/aromatic N) is 6. The van der Waals surface area contributed by atoms with Crippen LogP contribution in [-0.2, 0) is 11.2 Å². The number of amides is 1. The fourth-order valence-electron chi connectivity index (χ4n) is 3.31. The molecule has 156 valence electrons. The van der Waals surface area contributed by atoms with Crippen LogP contribution >= 0.6 is 15.9 Å². The largest absolute Gasteiger partial charge is 0.406 e. The minimum Gasteiger partial charge on any atom is -0.301 e. The minimum atomic E-state index is -4.66. The third-order valence-electron chi connectivity index (χ3n) is 4.62. The normalized spacial score (nSPS) is 17.0. The van der Waals surface area contributed by atoms with Gasteiger partial charge in [-0.2, -0.15) is 13.2 Å². The van der Waals surface area contributed by atoms with Gasteiger partial charge in [-0.15, -0.1) is 5.10 Å². The van der Waals surface area contributed by atoms with Crippen LogP contribution in [0, 0.1) is 5.82 Å². The maximum absolute atomic E-state index is 14.3. The van der Waals surface area contributed by atoms with Crippen molar-refractivity contribution in [3.05, 3.63) is 52.6 Å². The monoisotopic (exact) mass is 484 g/mol. The van der Waals surface area contributed by atoms with Crippen LogP contribution in [0.3, 0.4) is 0 Å². The fraction of sp³-hybridized carbons (Fsp3) is 0.278. The summed E-state index contributed by atoms with van der Waals surface area (Å²) in [6.45, 7) is -1.53. The van der Waals surface area contributed by atoms with Crippen LogP contribution < -0.4 is 4.90 Å². The van der Waals surface area contributed by atoms with E-state index >= 15 is 0 Å². The number of hydrogen-bond acceptors (Lipinski definition) is 5. The molecule has 1 unspecified atom stereocenters. The molecule has 1 atom stereocenters. The molecule has 2 aromatic heterocycles. The van der Waals surface area contributed by atoms with E-state index in [2.05, 4.69) is 36.2 Å². The van der Waals surface area contributed by atoms with Crippen molar-refractivity contribution >= 4 is 27.5 Å². The fourth-order valence-corrected chi connectivity index (χ4v) is 3.52. The Labute approximate surface area is 175 Å². The van der Waals surface area contributed by atoms with Crippen LogP contribution in [0.25, 0.3) is 11.5 Å². The molecule has 30 heavy (non-hydrogen) atoms. The molecule has 0 aliphatic carbocycles. The summed E-state index contributed by atoms with van der Waals surface area (Å²) in [5.74, 6) is -1.26. The molecule has 0 saturated carbocycles. The van der Waals surface area contributed by atoms with Gasteiger partial charge in [-0.1, -0.05) is 11.3 Å². The van der Waals surface area contributed by atoms with E-state index in [1.54, 1.807) is 0 Å². The maximum atomic E-state index is 14.3. The molecule has 0 radical (unpaired) electrons. The highest BCUT2D eigenvalue weighted by Gasteiger charge is 2.40. The number of fused-ring (bicyclic) bond motifs is 1. The topological polar surface area (TPSA) is 76.8 Å². The van der Waals surface area contributed by atoms with Crippen molar-refractivity contribution < 1.29 is 22.4 Å². The zero-order valence-electron chi connectivity index (χ0n) is 15.1. The lowest BCUT2D eigenvalue weighted by Crippen LogP contribution is -2.42. The summed E-state index contributed by atoms with van der Waals surface area (Å²) in [6, 6.07) is 2.67. The predicted molar refractivity (Wildman–Crippen MR) is 101 cm³/mol. The first-order valence-electron chi connectivity index (χ1n) is 8.78. The van der Waals surface area contributed by atoms with Crippen LogP contribution in [0.4, 0.5) is 23.2 Å². The summed E-state index contributed by atoms with van der Waals surface area (Å²) in [6.07, 6.45) is -0.135. The summed E-state index contributed by atoms with van der Waals surface area (Å²) < 4.78 is 55.7. The number of hydrogen-bond donors (Lipinski definition) is 0. The number of halogens is 5. The molecule has 0 saturated heterocycles. The first kappa shape index (κ1) is 20.4. The average molecular weight is 485 g/mol. The van der Waals surface area contributed by atoms with Crippen LogP contribution in [-0.4, -0.2) is 43.6 Å². The Balaban J connectivity index is 1.71. The van der Waals surface area contributed by atoms with E-state index in [0.29, 0.717) is 9.37 Å². The van der Waals surface area contributed by atoms with Crippen molar-refractivity contribution in [1.82, 2.24) is 25.0 Å². The summed E-state index contributed by atoms with van der Waals surface area (Å²) in [5, 5.41) is 7.83. The molecule has 0 spiro atoms. The van der Waals surface area contributed by atoms with Crippen molar-refractivity contribution in [2.75, 3.05) is 11.4 Å². The highest BCUT2D eigenvalue weighted by atomic mass is 79.9. The van der Waals surface area contributed by atoms with Gasteiger partial charge in [0.05, 0.1) is 16.4 Å². The standard InChI is InChI=1S/C18H13BrF4N6O/c19-10-6-24-16(25-7-10)13-8-29(27-26-13)15-5-4-11-12(20)2-1-3-14(11)28(17(15)30)9-18(21,22)23/h1-3,6-8,15H,4-5,9H2. The molecule has 0 N–H and O–H groups in total. The molecule has 0 fully saturated rings. The molecule has 7 nitrogen and oxygen atoms in total. The Bertz CT molecular complexity index is 1090. The molecule has 1 aromatic carbocycles. The number of rotatable bonds is 3. The van der Waals surface area contributed by atoms with Gasteiger partial charge in [0.2, 0.25) is 0 Å². The van der Waals surface area contributed by atoms with Gasteiger partial charge in [0.1, 0.15) is 24.1 Å². The Morgan fingerprint density at radius 3 is 2.63 bits per heavy atom. The molecule has 4 rings (SSSR count). The number of benzene rings is 1. The average Bonchev–Trinajstić information content (AvgIpc) is 3.12. The van der Waals surface area contributed by atoms with Crippen molar-refractivity contribution in [3.63, 3.8) is 0 Å². The van der Waals surface area contributed by atoms with Crippen molar-refractivity contribution in [2.24, 2.45) is 0 Å². The van der Waals surface area contributed by atoms with Crippen LogP contribution in [0.2, 0.25) is 0 Å². The summed E-state index contributed by atoms with van der Waals surface area (Å²) in [7, 11) is 0. The zero-order valence-corrected chi connectivity index (χ0v) is 16.7. The quantitative estimate of drug-likeness (QED) is 0.529. The van der Waals surface area contributed by atoms with Gasteiger partial charge in [-0.3, -0.25) is 4.79 Å². The van der Waals surface area contributed by atoms with Gasteiger partial charge < -0.3 is 4.90 Å². The highest BCUT2D eigenvalue weighted by Crippen LogP contribution is 2.35.